The molecule has 1 unspecified atom stereocenters. The number of carbonyl (C=O) groups is 1. The van der Waals surface area contributed by atoms with E-state index in [1.54, 1.807) is 24.2 Å². The van der Waals surface area contributed by atoms with E-state index in [1.165, 1.54) is 22.0 Å². The first kappa shape index (κ1) is 32.3. The van der Waals surface area contributed by atoms with Crippen molar-refractivity contribution in [1.29, 1.82) is 0 Å². The molecule has 1 aliphatic rings. The Morgan fingerprint density at radius 1 is 1.30 bits per heavy atom. The number of aryl methyl sites for hydroxylation is 1. The van der Waals surface area contributed by atoms with Crippen molar-refractivity contribution >= 4 is 40.7 Å². The topological polar surface area (TPSA) is 110 Å². The molecule has 8 nitrogen and oxygen atoms in total. The number of hydrogen-bond donors (Lipinski definition) is 3. The summed E-state index contributed by atoms with van der Waals surface area (Å²) in [5.74, 6) is 1.38. The van der Waals surface area contributed by atoms with E-state index in [1.807, 2.05) is 38.3 Å². The van der Waals surface area contributed by atoms with Gasteiger partial charge in [0.25, 0.3) is 0 Å². The highest BCUT2D eigenvalue weighted by Gasteiger charge is 2.20. The zero-order chi connectivity index (χ0) is 30.9. The average molecular weight is 607 g/mol. The van der Waals surface area contributed by atoms with Crippen LogP contribution in [0.15, 0.2) is 65.1 Å². The minimum atomic E-state index is -0.216. The molecule has 1 aromatic carbocycles. The molecule has 0 amide bonds. The monoisotopic (exact) mass is 606 g/mol. The van der Waals surface area contributed by atoms with Gasteiger partial charge in [-0.1, -0.05) is 38.8 Å². The number of anilines is 1. The van der Waals surface area contributed by atoms with Gasteiger partial charge in [0.1, 0.15) is 17.4 Å². The number of carbonyl (C=O) groups excluding carboxylic acids is 1. The molecule has 0 bridgehead atoms. The quantitative estimate of drug-likeness (QED) is 0.0569. The maximum atomic E-state index is 13.9. The number of H-pyrrole nitrogens is 1. The number of aliphatic imine (C=N–C) groups is 1. The minimum Gasteiger partial charge on any atom is -0.444 e. The molecule has 0 spiro atoms. The van der Waals surface area contributed by atoms with E-state index in [0.717, 1.165) is 30.3 Å². The van der Waals surface area contributed by atoms with Crippen LogP contribution in [0.25, 0.3) is 10.9 Å². The maximum Gasteiger partial charge on any atom is 0.214 e. The van der Waals surface area contributed by atoms with Crippen LogP contribution >= 0.6 is 11.9 Å². The number of rotatable bonds is 14. The lowest BCUT2D eigenvalue weighted by atomic mass is 9.89. The minimum absolute atomic E-state index is 0.117. The van der Waals surface area contributed by atoms with E-state index in [4.69, 9.17) is 10.5 Å². The van der Waals surface area contributed by atoms with E-state index in [-0.39, 0.29) is 36.3 Å². The first-order valence-electron chi connectivity index (χ1n) is 14.9. The number of nitrogens with one attached hydrogen (secondary N) is 2. The van der Waals surface area contributed by atoms with Gasteiger partial charge in [0.15, 0.2) is 0 Å². The lowest BCUT2D eigenvalue weighted by Gasteiger charge is -2.18. The van der Waals surface area contributed by atoms with Crippen LogP contribution in [0.4, 0.5) is 10.2 Å². The molecule has 230 valence electrons. The number of nitrogen functional groups attached to an aromatic ring is 1. The van der Waals surface area contributed by atoms with Crippen molar-refractivity contribution in [2.45, 2.75) is 72.3 Å². The lowest BCUT2D eigenvalue weighted by Crippen LogP contribution is -2.10. The third-order valence-electron chi connectivity index (χ3n) is 7.48. The maximum absolute atomic E-state index is 13.9. The molecule has 0 aliphatic heterocycles. The van der Waals surface area contributed by atoms with E-state index in [2.05, 4.69) is 45.8 Å². The van der Waals surface area contributed by atoms with Gasteiger partial charge in [-0.3, -0.25) is 9.52 Å². The first-order chi connectivity index (χ1) is 20.7. The number of allylic oxidation sites excluding steroid dienone is 4. The Labute approximate surface area is 257 Å². The number of ketones is 1. The van der Waals surface area contributed by atoms with Crippen LogP contribution < -0.4 is 10.5 Å². The molecule has 0 fully saturated rings. The first-order valence-corrected chi connectivity index (χ1v) is 16.1. The number of aromatic amines is 1. The molecule has 0 saturated heterocycles. The highest BCUT2D eigenvalue weighted by molar-refractivity contribution is 7.96. The molecule has 3 aromatic rings. The van der Waals surface area contributed by atoms with Crippen LogP contribution in [0.1, 0.15) is 86.0 Å². The van der Waals surface area contributed by atoms with E-state index >= 15 is 0 Å². The predicted octanol–water partition coefficient (Wildman–Crippen LogP) is 7.74. The van der Waals surface area contributed by atoms with Crippen molar-refractivity contribution in [3.63, 3.8) is 0 Å². The van der Waals surface area contributed by atoms with Gasteiger partial charge >= 0.3 is 0 Å². The van der Waals surface area contributed by atoms with Gasteiger partial charge in [0.2, 0.25) is 11.7 Å². The molecule has 1 atom stereocenters. The Kier molecular flexibility index (Phi) is 11.4. The van der Waals surface area contributed by atoms with Gasteiger partial charge < -0.3 is 15.5 Å². The molecule has 4 rings (SSSR count). The van der Waals surface area contributed by atoms with Gasteiger partial charge in [-0.2, -0.15) is 5.10 Å². The molecule has 4 N–H and O–H groups in total. The fourth-order valence-corrected chi connectivity index (χ4v) is 5.57. The highest BCUT2D eigenvalue weighted by atomic mass is 32.2. The molecule has 43 heavy (non-hydrogen) atoms. The molecular weight excluding hydrogens is 563 g/mol. The third kappa shape index (κ3) is 8.48. The molecule has 10 heteroatoms. The Balaban J connectivity index is 1.48. The molecular formula is C33H43FN6O2S. The number of benzene rings is 1. The smallest absolute Gasteiger partial charge is 0.214 e. The van der Waals surface area contributed by atoms with Crippen LogP contribution in [-0.2, 0) is 11.3 Å². The highest BCUT2D eigenvalue weighted by Crippen LogP contribution is 2.31. The number of ether oxygens (including phenoxy) is 1. The second-order valence-electron chi connectivity index (χ2n) is 11.2. The number of halogens is 1. The van der Waals surface area contributed by atoms with Crippen LogP contribution in [0.3, 0.4) is 0 Å². The van der Waals surface area contributed by atoms with Crippen molar-refractivity contribution < 1.29 is 13.9 Å². The number of nitrogens with two attached hydrogens (primary N) is 1. The molecule has 0 saturated carbocycles. The van der Waals surface area contributed by atoms with Crippen molar-refractivity contribution in [2.24, 2.45) is 10.9 Å². The number of nitrogens with zero attached hydrogens (tertiary/aromatic N) is 3. The Morgan fingerprint density at radius 2 is 2.09 bits per heavy atom. The van der Waals surface area contributed by atoms with Crippen LogP contribution in [-0.4, -0.2) is 39.6 Å². The second kappa shape index (κ2) is 15.2. The number of fused-ring (bicyclic) bond motifs is 1. The summed E-state index contributed by atoms with van der Waals surface area (Å²) in [7, 11) is 0. The summed E-state index contributed by atoms with van der Waals surface area (Å²) in [4.78, 5) is 21.3. The normalized spacial score (nSPS) is 15.2. The largest absolute Gasteiger partial charge is 0.444 e. The molecule has 2 heterocycles. The van der Waals surface area contributed by atoms with Crippen molar-refractivity contribution in [2.75, 3.05) is 18.5 Å². The van der Waals surface area contributed by atoms with Gasteiger partial charge in [-0.05, 0) is 92.2 Å². The summed E-state index contributed by atoms with van der Waals surface area (Å²) in [5.41, 5.74) is 10.6. The van der Waals surface area contributed by atoms with Gasteiger partial charge in [-0.25, -0.2) is 14.1 Å². The van der Waals surface area contributed by atoms with Crippen LogP contribution in [0.2, 0.25) is 0 Å². The lowest BCUT2D eigenvalue weighted by molar-refractivity contribution is 0.103. The SMILES string of the molecule is CCC(CCNSC)c1cc2[nH]c(C(=O)c3cnn(C/C=N\C(=C/C(C)C)OC4=CCCC=C(F)C4)c3N)cc2cc1C. The van der Waals surface area contributed by atoms with E-state index in [9.17, 15) is 9.18 Å². The van der Waals surface area contributed by atoms with E-state index < -0.39 is 0 Å². The molecule has 2 aromatic heterocycles. The zero-order valence-electron chi connectivity index (χ0n) is 25.7. The van der Waals surface area contributed by atoms with Crippen molar-refractivity contribution in [3.05, 3.63) is 82.5 Å². The second-order valence-corrected chi connectivity index (χ2v) is 11.9. The summed E-state index contributed by atoms with van der Waals surface area (Å²) >= 11 is 1.64. The number of hydrogen-bond acceptors (Lipinski definition) is 7. The zero-order valence-corrected chi connectivity index (χ0v) is 26.6. The summed E-state index contributed by atoms with van der Waals surface area (Å²) in [6, 6.07) is 6.20. The summed E-state index contributed by atoms with van der Waals surface area (Å²) < 4.78 is 24.7. The van der Waals surface area contributed by atoms with Gasteiger partial charge in [0.05, 0.1) is 30.4 Å². The average Bonchev–Trinajstić information content (AvgIpc) is 3.48. The van der Waals surface area contributed by atoms with Gasteiger partial charge in [0, 0.05) is 23.7 Å². The van der Waals surface area contributed by atoms with Crippen LogP contribution in [0, 0.1) is 12.8 Å². The van der Waals surface area contributed by atoms with Gasteiger partial charge in [-0.15, -0.1) is 0 Å². The third-order valence-corrected chi connectivity index (χ3v) is 7.97. The standard InChI is InChI=1S/C33H43FN6O2S/c1-6-23(11-12-38-43-5)27-19-29-24(16-22(27)4)17-30(39-29)32(41)28-20-37-40(33(28)35)14-13-36-31(15-21(2)3)42-26-10-8-7-9-25(34)18-26/h9-10,13,15-17,19-21,23,38-39H,6-8,11-12,14,18,35H2,1-5H3/b31-15+,36-13-. The molecule has 1 aliphatic carbocycles. The molecule has 0 radical (unpaired) electrons. The van der Waals surface area contributed by atoms with Crippen molar-refractivity contribution in [1.82, 2.24) is 19.5 Å². The Hall–Kier alpha value is -3.63. The number of aromatic nitrogens is 3. The van der Waals surface area contributed by atoms with E-state index in [0.29, 0.717) is 41.7 Å². The predicted molar refractivity (Wildman–Crippen MR) is 176 cm³/mol. The summed E-state index contributed by atoms with van der Waals surface area (Å²) in [5, 5.41) is 5.33. The fourth-order valence-electron chi connectivity index (χ4n) is 5.25. The summed E-state index contributed by atoms with van der Waals surface area (Å²) in [6.45, 7) is 9.56. The Bertz CT molecular complexity index is 1550. The van der Waals surface area contributed by atoms with Crippen molar-refractivity contribution in [3.8, 4) is 0 Å². The van der Waals surface area contributed by atoms with Crippen LogP contribution in [0.5, 0.6) is 0 Å². The fraction of sp³-hybridized carbons (Fsp3) is 0.424. The Morgan fingerprint density at radius 3 is 2.84 bits per heavy atom. The summed E-state index contributed by atoms with van der Waals surface area (Å²) in [6.07, 6.45) is 14.1.